The van der Waals surface area contributed by atoms with Gasteiger partial charge in [0.15, 0.2) is 0 Å². The van der Waals surface area contributed by atoms with Gasteiger partial charge in [-0.1, -0.05) is 0 Å². The largest absolute Gasteiger partial charge is 0.397 e. The van der Waals surface area contributed by atoms with Gasteiger partial charge in [0.2, 0.25) is 0 Å². The number of rotatable bonds is 2. The fourth-order valence-electron chi connectivity index (χ4n) is 1.98. The molecule has 2 rings (SSSR count). The summed E-state index contributed by atoms with van der Waals surface area (Å²) in [7, 11) is 0. The number of hydrogen-bond donors (Lipinski definition) is 1. The van der Waals surface area contributed by atoms with Gasteiger partial charge in [-0.05, 0) is 13.0 Å². The van der Waals surface area contributed by atoms with Crippen molar-refractivity contribution in [2.75, 3.05) is 30.3 Å². The Balaban J connectivity index is 2.23. The lowest BCUT2D eigenvalue weighted by Crippen LogP contribution is -2.41. The number of hydrogen-bond acceptors (Lipinski definition) is 5. The van der Waals surface area contributed by atoms with Crippen LogP contribution in [0.2, 0.25) is 0 Å². The van der Waals surface area contributed by atoms with Gasteiger partial charge in [-0.3, -0.25) is 10.1 Å². The van der Waals surface area contributed by atoms with E-state index in [0.717, 1.165) is 18.8 Å². The van der Waals surface area contributed by atoms with E-state index in [0.29, 0.717) is 12.3 Å². The Hall–Kier alpha value is -1.82. The molecule has 6 nitrogen and oxygen atoms in total. The average Bonchev–Trinajstić information content (AvgIpc) is 2.28. The summed E-state index contributed by atoms with van der Waals surface area (Å²) in [5.41, 5.74) is 7.15. The molecule has 6 heteroatoms. The standard InChI is InChI=1S/C11H15N3O3/c1-8-7-13(4-5-17-8)11-3-2-9(14(15)16)6-10(11)12/h2-3,6,8H,4-5,7,12H2,1H3. The number of nitrogen functional groups attached to an aromatic ring is 1. The smallest absolute Gasteiger partial charge is 0.271 e. The van der Waals surface area contributed by atoms with Crippen LogP contribution in [0.15, 0.2) is 18.2 Å². The second-order valence-corrected chi connectivity index (χ2v) is 4.13. The molecular formula is C11H15N3O3. The maximum absolute atomic E-state index is 10.6. The number of nitrogens with zero attached hydrogens (tertiary/aromatic N) is 2. The predicted molar refractivity (Wildman–Crippen MR) is 65.1 cm³/mol. The molecule has 0 saturated carbocycles. The van der Waals surface area contributed by atoms with Crippen molar-refractivity contribution in [1.82, 2.24) is 0 Å². The molecule has 92 valence electrons. The van der Waals surface area contributed by atoms with Crippen LogP contribution in [0, 0.1) is 10.1 Å². The minimum atomic E-state index is -0.442. The number of benzene rings is 1. The van der Waals surface area contributed by atoms with E-state index in [4.69, 9.17) is 10.5 Å². The van der Waals surface area contributed by atoms with Crippen molar-refractivity contribution >= 4 is 17.1 Å². The van der Waals surface area contributed by atoms with Gasteiger partial charge < -0.3 is 15.4 Å². The second-order valence-electron chi connectivity index (χ2n) is 4.13. The third-order valence-electron chi connectivity index (χ3n) is 2.80. The predicted octanol–water partition coefficient (Wildman–Crippen LogP) is 1.40. The van der Waals surface area contributed by atoms with Crippen LogP contribution in [0.25, 0.3) is 0 Å². The molecule has 0 amide bonds. The maximum Gasteiger partial charge on any atom is 0.271 e. The van der Waals surface area contributed by atoms with Crippen LogP contribution < -0.4 is 10.6 Å². The number of anilines is 2. The van der Waals surface area contributed by atoms with Crippen LogP contribution in [0.4, 0.5) is 17.1 Å². The van der Waals surface area contributed by atoms with E-state index in [1.54, 1.807) is 6.07 Å². The monoisotopic (exact) mass is 237 g/mol. The lowest BCUT2D eigenvalue weighted by molar-refractivity contribution is -0.384. The molecule has 1 aliphatic rings. The highest BCUT2D eigenvalue weighted by Gasteiger charge is 2.19. The fourth-order valence-corrected chi connectivity index (χ4v) is 1.98. The normalized spacial score (nSPS) is 20.3. The third-order valence-corrected chi connectivity index (χ3v) is 2.80. The maximum atomic E-state index is 10.6. The number of nitro benzene ring substituents is 1. The van der Waals surface area contributed by atoms with E-state index in [2.05, 4.69) is 4.90 Å². The van der Waals surface area contributed by atoms with Crippen molar-refractivity contribution in [3.63, 3.8) is 0 Å². The lowest BCUT2D eigenvalue weighted by Gasteiger charge is -2.33. The number of nitrogens with two attached hydrogens (primary N) is 1. The van der Waals surface area contributed by atoms with Crippen molar-refractivity contribution in [2.45, 2.75) is 13.0 Å². The Kier molecular flexibility index (Phi) is 3.14. The molecule has 1 aromatic carbocycles. The summed E-state index contributed by atoms with van der Waals surface area (Å²) < 4.78 is 5.44. The molecule has 1 aliphatic heterocycles. The van der Waals surface area contributed by atoms with Crippen molar-refractivity contribution in [1.29, 1.82) is 0 Å². The van der Waals surface area contributed by atoms with E-state index in [1.807, 2.05) is 6.92 Å². The number of nitro groups is 1. The summed E-state index contributed by atoms with van der Waals surface area (Å²) in [5.74, 6) is 0. The molecule has 0 bridgehead atoms. The first-order chi connectivity index (χ1) is 8.08. The number of morpholine rings is 1. The van der Waals surface area contributed by atoms with Crippen LogP contribution in [-0.2, 0) is 4.74 Å². The number of ether oxygens (including phenoxy) is 1. The van der Waals surface area contributed by atoms with E-state index in [1.165, 1.54) is 12.1 Å². The molecular weight excluding hydrogens is 222 g/mol. The molecule has 1 aromatic rings. The van der Waals surface area contributed by atoms with E-state index in [-0.39, 0.29) is 11.8 Å². The molecule has 1 heterocycles. The fraction of sp³-hybridized carbons (Fsp3) is 0.455. The van der Waals surface area contributed by atoms with Gasteiger partial charge in [0.1, 0.15) is 0 Å². The quantitative estimate of drug-likeness (QED) is 0.477. The summed E-state index contributed by atoms with van der Waals surface area (Å²) in [4.78, 5) is 12.3. The molecule has 1 saturated heterocycles. The van der Waals surface area contributed by atoms with Crippen molar-refractivity contribution in [3.8, 4) is 0 Å². The first-order valence-corrected chi connectivity index (χ1v) is 5.48. The van der Waals surface area contributed by atoms with Crippen LogP contribution >= 0.6 is 0 Å². The minimum Gasteiger partial charge on any atom is -0.397 e. The Morgan fingerprint density at radius 1 is 1.59 bits per heavy atom. The third kappa shape index (κ3) is 2.47. The Morgan fingerprint density at radius 3 is 2.94 bits per heavy atom. The van der Waals surface area contributed by atoms with Crippen LogP contribution in [-0.4, -0.2) is 30.7 Å². The van der Waals surface area contributed by atoms with Gasteiger partial charge in [-0.2, -0.15) is 0 Å². The van der Waals surface area contributed by atoms with Crippen molar-refractivity contribution in [3.05, 3.63) is 28.3 Å². The summed E-state index contributed by atoms with van der Waals surface area (Å²) in [5, 5.41) is 10.6. The van der Waals surface area contributed by atoms with Gasteiger partial charge in [0.05, 0.1) is 29.0 Å². The molecule has 0 radical (unpaired) electrons. The molecule has 0 spiro atoms. The first-order valence-electron chi connectivity index (χ1n) is 5.48. The molecule has 17 heavy (non-hydrogen) atoms. The summed E-state index contributed by atoms with van der Waals surface area (Å²) >= 11 is 0. The van der Waals surface area contributed by atoms with Crippen molar-refractivity contribution < 1.29 is 9.66 Å². The molecule has 2 N–H and O–H groups in total. The molecule has 1 unspecified atom stereocenters. The van der Waals surface area contributed by atoms with Gasteiger partial charge >= 0.3 is 0 Å². The lowest BCUT2D eigenvalue weighted by atomic mass is 10.2. The summed E-state index contributed by atoms with van der Waals surface area (Å²) in [6.07, 6.45) is 0.151. The van der Waals surface area contributed by atoms with Gasteiger partial charge in [-0.15, -0.1) is 0 Å². The van der Waals surface area contributed by atoms with Gasteiger partial charge in [0.25, 0.3) is 5.69 Å². The SMILES string of the molecule is CC1CN(c2ccc([N+](=O)[O-])cc2N)CCO1. The van der Waals surface area contributed by atoms with Crippen molar-refractivity contribution in [2.24, 2.45) is 0 Å². The van der Waals surface area contributed by atoms with Crippen LogP contribution in [0.3, 0.4) is 0 Å². The molecule has 0 aliphatic carbocycles. The van der Waals surface area contributed by atoms with E-state index in [9.17, 15) is 10.1 Å². The molecule has 1 atom stereocenters. The number of non-ortho nitro benzene ring substituents is 1. The highest BCUT2D eigenvalue weighted by Crippen LogP contribution is 2.28. The Labute approximate surface area is 99.1 Å². The summed E-state index contributed by atoms with van der Waals surface area (Å²) in [6.45, 7) is 4.15. The summed E-state index contributed by atoms with van der Waals surface area (Å²) in [6, 6.07) is 4.58. The molecule has 1 fully saturated rings. The zero-order chi connectivity index (χ0) is 12.4. The highest BCUT2D eigenvalue weighted by molar-refractivity contribution is 5.70. The zero-order valence-electron chi connectivity index (χ0n) is 9.63. The first kappa shape index (κ1) is 11.7. The van der Waals surface area contributed by atoms with Gasteiger partial charge in [-0.25, -0.2) is 0 Å². The topological polar surface area (TPSA) is 81.6 Å². The van der Waals surface area contributed by atoms with E-state index < -0.39 is 4.92 Å². The minimum absolute atomic E-state index is 0.0209. The Bertz CT molecular complexity index is 436. The van der Waals surface area contributed by atoms with Gasteiger partial charge in [0, 0.05) is 25.2 Å². The van der Waals surface area contributed by atoms with E-state index >= 15 is 0 Å². The van der Waals surface area contributed by atoms with Crippen LogP contribution in [0.5, 0.6) is 0 Å². The Morgan fingerprint density at radius 2 is 2.35 bits per heavy atom. The average molecular weight is 237 g/mol. The second kappa shape index (κ2) is 4.58. The highest BCUT2D eigenvalue weighted by atomic mass is 16.6. The zero-order valence-corrected chi connectivity index (χ0v) is 9.63. The molecule has 0 aromatic heterocycles. The van der Waals surface area contributed by atoms with Crippen LogP contribution in [0.1, 0.15) is 6.92 Å².